The van der Waals surface area contributed by atoms with Gasteiger partial charge >= 0.3 is 0 Å². The molecule has 1 aromatic carbocycles. The van der Waals surface area contributed by atoms with Crippen LogP contribution in [-0.2, 0) is 11.3 Å². The van der Waals surface area contributed by atoms with Gasteiger partial charge in [-0.2, -0.15) is 0 Å². The normalized spacial score (nSPS) is 14.2. The Bertz CT molecular complexity index is 1200. The van der Waals surface area contributed by atoms with Crippen LogP contribution in [0.1, 0.15) is 47.7 Å². The summed E-state index contributed by atoms with van der Waals surface area (Å²) in [4.78, 5) is 34.8. The number of ether oxygens (including phenoxy) is 1. The molecule has 1 aliphatic rings. The van der Waals surface area contributed by atoms with E-state index in [-0.39, 0.29) is 23.3 Å². The Morgan fingerprint density at radius 1 is 1.31 bits per heavy atom. The Balaban J connectivity index is 1.56. The van der Waals surface area contributed by atoms with E-state index in [0.29, 0.717) is 11.7 Å². The van der Waals surface area contributed by atoms with Gasteiger partial charge in [0.25, 0.3) is 5.56 Å². The lowest BCUT2D eigenvalue weighted by molar-refractivity contribution is -0.127. The van der Waals surface area contributed by atoms with E-state index in [2.05, 4.69) is 0 Å². The molecule has 1 aliphatic carbocycles. The number of thiophene rings is 1. The Kier molecular flexibility index (Phi) is 6.90. The summed E-state index contributed by atoms with van der Waals surface area (Å²) in [6.45, 7) is 4.53. The van der Waals surface area contributed by atoms with Gasteiger partial charge in [-0.1, -0.05) is 36.7 Å². The number of carbonyl (C=O) groups is 1. The predicted octanol–water partition coefficient (Wildman–Crippen LogP) is 4.95. The van der Waals surface area contributed by atoms with Crippen LogP contribution in [0.4, 0.5) is 0 Å². The molecule has 32 heavy (non-hydrogen) atoms. The summed E-state index contributed by atoms with van der Waals surface area (Å²) in [7, 11) is 3.43. The third-order valence-electron chi connectivity index (χ3n) is 6.20. The van der Waals surface area contributed by atoms with Crippen molar-refractivity contribution in [1.29, 1.82) is 0 Å². The van der Waals surface area contributed by atoms with E-state index in [1.165, 1.54) is 11.8 Å². The first-order chi connectivity index (χ1) is 15.4. The molecule has 0 radical (unpaired) electrons. The second-order valence-electron chi connectivity index (χ2n) is 8.36. The average molecular weight is 472 g/mol. The van der Waals surface area contributed by atoms with Crippen molar-refractivity contribution in [3.05, 3.63) is 50.6 Å². The number of fused-ring (bicyclic) bond motifs is 1. The number of carbonyl (C=O) groups excluding carboxylic acids is 1. The first kappa shape index (κ1) is 22.9. The number of benzene rings is 1. The highest BCUT2D eigenvalue weighted by atomic mass is 32.2. The van der Waals surface area contributed by atoms with Crippen molar-refractivity contribution in [2.24, 2.45) is 0 Å². The molecule has 0 bridgehead atoms. The fraction of sp³-hybridized carbons (Fsp3) is 0.458. The zero-order valence-electron chi connectivity index (χ0n) is 19.0. The van der Waals surface area contributed by atoms with Gasteiger partial charge in [0.05, 0.1) is 18.2 Å². The van der Waals surface area contributed by atoms with E-state index in [0.717, 1.165) is 57.7 Å². The highest BCUT2D eigenvalue weighted by Gasteiger charge is 2.25. The number of thioether (sulfide) groups is 1. The Hall–Kier alpha value is -2.32. The van der Waals surface area contributed by atoms with Crippen LogP contribution in [-0.4, -0.2) is 40.3 Å². The van der Waals surface area contributed by atoms with Crippen LogP contribution in [0.25, 0.3) is 10.2 Å². The minimum atomic E-state index is 0.00341. The summed E-state index contributed by atoms with van der Waals surface area (Å²) in [5.41, 5.74) is 2.08. The standard InChI is InChI=1S/C24H29N3O3S2/c1-15-16(2)32-22-21(15)23(29)27(18-9-5-6-10-18)24(25-22)31-14-20(28)26(3)13-17-8-7-11-19(12-17)30-4/h7-8,11-12,18H,5-6,9-10,13-14H2,1-4H3. The zero-order chi connectivity index (χ0) is 22.8. The van der Waals surface area contributed by atoms with Crippen LogP contribution in [0, 0.1) is 13.8 Å². The first-order valence-corrected chi connectivity index (χ1v) is 12.7. The number of methoxy groups -OCH3 is 1. The average Bonchev–Trinajstić information content (AvgIpc) is 3.40. The van der Waals surface area contributed by atoms with Crippen LogP contribution >= 0.6 is 23.1 Å². The highest BCUT2D eigenvalue weighted by Crippen LogP contribution is 2.34. The van der Waals surface area contributed by atoms with Crippen molar-refractivity contribution in [3.63, 3.8) is 0 Å². The van der Waals surface area contributed by atoms with Crippen molar-refractivity contribution in [3.8, 4) is 5.75 Å². The van der Waals surface area contributed by atoms with Crippen molar-refractivity contribution >= 4 is 39.2 Å². The molecule has 1 fully saturated rings. The molecular weight excluding hydrogens is 442 g/mol. The summed E-state index contributed by atoms with van der Waals surface area (Å²) in [5, 5.41) is 1.41. The van der Waals surface area contributed by atoms with Gasteiger partial charge in [-0.05, 0) is 49.9 Å². The molecular formula is C24H29N3O3S2. The molecule has 0 saturated heterocycles. The highest BCUT2D eigenvalue weighted by molar-refractivity contribution is 7.99. The summed E-state index contributed by atoms with van der Waals surface area (Å²) < 4.78 is 7.14. The lowest BCUT2D eigenvalue weighted by Crippen LogP contribution is -2.29. The maximum absolute atomic E-state index is 13.5. The summed E-state index contributed by atoms with van der Waals surface area (Å²) in [6, 6.07) is 7.90. The van der Waals surface area contributed by atoms with Gasteiger partial charge in [-0.25, -0.2) is 4.98 Å². The smallest absolute Gasteiger partial charge is 0.263 e. The summed E-state index contributed by atoms with van der Waals surface area (Å²) >= 11 is 2.93. The van der Waals surface area contributed by atoms with Gasteiger partial charge < -0.3 is 9.64 Å². The Morgan fingerprint density at radius 3 is 2.78 bits per heavy atom. The minimum absolute atomic E-state index is 0.00341. The largest absolute Gasteiger partial charge is 0.497 e. The SMILES string of the molecule is COc1cccc(CN(C)C(=O)CSc2nc3sc(C)c(C)c3c(=O)n2C2CCCC2)c1. The topological polar surface area (TPSA) is 64.4 Å². The van der Waals surface area contributed by atoms with E-state index in [4.69, 9.17) is 9.72 Å². The van der Waals surface area contributed by atoms with Crippen molar-refractivity contribution in [2.75, 3.05) is 19.9 Å². The molecule has 3 aromatic rings. The number of aromatic nitrogens is 2. The molecule has 8 heteroatoms. The van der Waals surface area contributed by atoms with E-state index < -0.39 is 0 Å². The number of hydrogen-bond donors (Lipinski definition) is 0. The molecule has 0 N–H and O–H groups in total. The van der Waals surface area contributed by atoms with Crippen molar-refractivity contribution < 1.29 is 9.53 Å². The van der Waals surface area contributed by atoms with E-state index in [1.807, 2.05) is 42.7 Å². The van der Waals surface area contributed by atoms with Crippen LogP contribution in [0.5, 0.6) is 5.75 Å². The summed E-state index contributed by atoms with van der Waals surface area (Å²) in [5.74, 6) is 1.02. The number of amides is 1. The van der Waals surface area contributed by atoms with Gasteiger partial charge in [0.1, 0.15) is 10.6 Å². The molecule has 0 unspecified atom stereocenters. The fourth-order valence-electron chi connectivity index (χ4n) is 4.24. The Morgan fingerprint density at radius 2 is 2.06 bits per heavy atom. The molecule has 2 aromatic heterocycles. The second kappa shape index (κ2) is 9.67. The van der Waals surface area contributed by atoms with E-state index in [9.17, 15) is 9.59 Å². The minimum Gasteiger partial charge on any atom is -0.497 e. The van der Waals surface area contributed by atoms with Gasteiger partial charge in [0, 0.05) is 24.5 Å². The van der Waals surface area contributed by atoms with Gasteiger partial charge in [0.2, 0.25) is 5.91 Å². The van der Waals surface area contributed by atoms with Crippen LogP contribution in [0.2, 0.25) is 0 Å². The molecule has 0 spiro atoms. The Labute approximate surface area is 196 Å². The lowest BCUT2D eigenvalue weighted by atomic mass is 10.2. The first-order valence-electron chi connectivity index (χ1n) is 10.9. The maximum atomic E-state index is 13.5. The predicted molar refractivity (Wildman–Crippen MR) is 131 cm³/mol. The van der Waals surface area contributed by atoms with Crippen LogP contribution < -0.4 is 10.3 Å². The molecule has 1 saturated carbocycles. The van der Waals surface area contributed by atoms with E-state index in [1.54, 1.807) is 30.4 Å². The van der Waals surface area contributed by atoms with Crippen LogP contribution in [0.3, 0.4) is 0 Å². The molecule has 4 rings (SSSR count). The fourth-order valence-corrected chi connectivity index (χ4v) is 6.32. The van der Waals surface area contributed by atoms with Gasteiger partial charge in [-0.3, -0.25) is 14.2 Å². The number of rotatable bonds is 7. The molecule has 1 amide bonds. The lowest BCUT2D eigenvalue weighted by Gasteiger charge is -2.20. The molecule has 170 valence electrons. The molecule has 0 aliphatic heterocycles. The van der Waals surface area contributed by atoms with Gasteiger partial charge in [0.15, 0.2) is 5.16 Å². The number of aryl methyl sites for hydroxylation is 2. The monoisotopic (exact) mass is 471 g/mol. The van der Waals surface area contributed by atoms with Crippen molar-refractivity contribution in [2.45, 2.75) is 57.3 Å². The van der Waals surface area contributed by atoms with E-state index >= 15 is 0 Å². The maximum Gasteiger partial charge on any atom is 0.263 e. The molecule has 0 atom stereocenters. The third kappa shape index (κ3) is 4.57. The summed E-state index contributed by atoms with van der Waals surface area (Å²) in [6.07, 6.45) is 4.24. The van der Waals surface area contributed by atoms with Crippen LogP contribution in [0.15, 0.2) is 34.2 Å². The number of nitrogens with zero attached hydrogens (tertiary/aromatic N) is 3. The van der Waals surface area contributed by atoms with Crippen molar-refractivity contribution in [1.82, 2.24) is 14.5 Å². The molecule has 2 heterocycles. The van der Waals surface area contributed by atoms with Gasteiger partial charge in [-0.15, -0.1) is 11.3 Å². The quantitative estimate of drug-likeness (QED) is 0.360. The third-order valence-corrected chi connectivity index (χ3v) is 8.24. The zero-order valence-corrected chi connectivity index (χ0v) is 20.6. The number of hydrogen-bond acceptors (Lipinski definition) is 6. The second-order valence-corrected chi connectivity index (χ2v) is 10.5. The molecule has 6 nitrogen and oxygen atoms in total.